The Morgan fingerprint density at radius 2 is 1.94 bits per heavy atom. The third-order valence-corrected chi connectivity index (χ3v) is 6.45. The molecule has 1 heterocycles. The average Bonchev–Trinajstić information content (AvgIpc) is 3.18. The van der Waals surface area contributed by atoms with E-state index < -0.39 is 16.8 Å². The molecule has 4 rings (SSSR count). The number of nitro groups is 1. The Balaban J connectivity index is 1.81. The summed E-state index contributed by atoms with van der Waals surface area (Å²) in [5.74, 6) is -1.15. The number of hydrogen-bond donors (Lipinski definition) is 1. The summed E-state index contributed by atoms with van der Waals surface area (Å²) in [6.45, 7) is 5.90. The van der Waals surface area contributed by atoms with Gasteiger partial charge in [-0.3, -0.25) is 14.9 Å². The minimum atomic E-state index is -0.673. The highest BCUT2D eigenvalue weighted by molar-refractivity contribution is 6.04. The zero-order chi connectivity index (χ0) is 22.3. The van der Waals surface area contributed by atoms with Crippen molar-refractivity contribution in [2.24, 2.45) is 5.41 Å². The second-order valence-electron chi connectivity index (χ2n) is 9.59. The fraction of sp³-hybridized carbons (Fsp3) is 0.500. The van der Waals surface area contributed by atoms with E-state index in [0.29, 0.717) is 35.2 Å². The summed E-state index contributed by atoms with van der Waals surface area (Å²) in [5, 5.41) is 14.7. The lowest BCUT2D eigenvalue weighted by Crippen LogP contribution is -2.39. The van der Waals surface area contributed by atoms with E-state index in [1.807, 2.05) is 20.8 Å². The largest absolute Gasteiger partial charge is 0.459 e. The van der Waals surface area contributed by atoms with Crippen molar-refractivity contribution in [3.63, 3.8) is 0 Å². The summed E-state index contributed by atoms with van der Waals surface area (Å²) in [6, 6.07) is 6.22. The summed E-state index contributed by atoms with van der Waals surface area (Å²) in [6.07, 6.45) is 4.67. The highest BCUT2D eigenvalue weighted by Gasteiger charge is 2.43. The van der Waals surface area contributed by atoms with Crippen LogP contribution in [0.15, 0.2) is 46.8 Å². The predicted octanol–water partition coefficient (Wildman–Crippen LogP) is 4.68. The molecule has 1 atom stereocenters. The van der Waals surface area contributed by atoms with E-state index in [1.54, 1.807) is 12.1 Å². The second-order valence-corrected chi connectivity index (χ2v) is 9.59. The van der Waals surface area contributed by atoms with E-state index in [1.165, 1.54) is 12.1 Å². The zero-order valence-electron chi connectivity index (χ0n) is 18.2. The minimum absolute atomic E-state index is 0.0334. The van der Waals surface area contributed by atoms with Crippen LogP contribution in [-0.4, -0.2) is 22.8 Å². The highest BCUT2D eigenvalue weighted by Crippen LogP contribution is 2.47. The topological polar surface area (TPSA) is 98.5 Å². The van der Waals surface area contributed by atoms with Crippen LogP contribution in [-0.2, 0) is 14.3 Å². The molecule has 1 aliphatic heterocycles. The van der Waals surface area contributed by atoms with Crippen LogP contribution in [0.25, 0.3) is 0 Å². The van der Waals surface area contributed by atoms with Gasteiger partial charge < -0.3 is 10.1 Å². The molecule has 1 aromatic carbocycles. The number of rotatable bonds is 4. The van der Waals surface area contributed by atoms with Gasteiger partial charge in [0.25, 0.3) is 5.69 Å². The summed E-state index contributed by atoms with van der Waals surface area (Å²) in [4.78, 5) is 37.5. The molecular formula is C24H28N2O5. The maximum absolute atomic E-state index is 13.3. The van der Waals surface area contributed by atoms with Crippen molar-refractivity contribution in [2.75, 3.05) is 0 Å². The van der Waals surface area contributed by atoms with Crippen molar-refractivity contribution in [3.8, 4) is 0 Å². The smallest absolute Gasteiger partial charge is 0.337 e. The maximum Gasteiger partial charge on any atom is 0.337 e. The van der Waals surface area contributed by atoms with Crippen molar-refractivity contribution in [2.45, 2.75) is 71.3 Å². The zero-order valence-corrected chi connectivity index (χ0v) is 18.2. The minimum Gasteiger partial charge on any atom is -0.459 e. The number of allylic oxidation sites excluding steroid dienone is 3. The Hall–Kier alpha value is -2.96. The third-order valence-electron chi connectivity index (χ3n) is 6.45. The summed E-state index contributed by atoms with van der Waals surface area (Å²) < 4.78 is 5.80. The molecule has 164 valence electrons. The summed E-state index contributed by atoms with van der Waals surface area (Å²) in [7, 11) is 0. The first kappa shape index (κ1) is 21.3. The van der Waals surface area contributed by atoms with E-state index in [2.05, 4.69) is 5.32 Å². The van der Waals surface area contributed by atoms with Crippen LogP contribution in [0.2, 0.25) is 0 Å². The van der Waals surface area contributed by atoms with Gasteiger partial charge in [0.1, 0.15) is 6.10 Å². The van der Waals surface area contributed by atoms with Crippen molar-refractivity contribution in [3.05, 3.63) is 62.5 Å². The number of nitrogens with one attached hydrogen (secondary N) is 1. The van der Waals surface area contributed by atoms with Crippen LogP contribution in [0.3, 0.4) is 0 Å². The second kappa shape index (κ2) is 7.94. The molecule has 0 spiro atoms. The SMILES string of the molecule is CC1=C(C(=O)OC2CCCC2)C(c2cccc([N+](=O)[O-])c2)C2=C(CC(C)(C)CC2=O)N1. The number of benzene rings is 1. The number of non-ortho nitro benzene ring substituents is 1. The Morgan fingerprint density at radius 1 is 1.23 bits per heavy atom. The lowest BCUT2D eigenvalue weighted by Gasteiger charge is -2.39. The molecule has 7 nitrogen and oxygen atoms in total. The van der Waals surface area contributed by atoms with Gasteiger partial charge in [0.15, 0.2) is 5.78 Å². The first-order valence-corrected chi connectivity index (χ1v) is 10.9. The average molecular weight is 424 g/mol. The number of hydrogen-bond acceptors (Lipinski definition) is 6. The van der Waals surface area contributed by atoms with E-state index in [9.17, 15) is 19.7 Å². The van der Waals surface area contributed by atoms with Crippen LogP contribution in [0.4, 0.5) is 5.69 Å². The Kier molecular flexibility index (Phi) is 5.45. The first-order chi connectivity index (χ1) is 14.7. The van der Waals surface area contributed by atoms with Gasteiger partial charge in [-0.05, 0) is 50.0 Å². The quantitative estimate of drug-likeness (QED) is 0.428. The molecule has 0 saturated heterocycles. The van der Waals surface area contributed by atoms with Crippen LogP contribution >= 0.6 is 0 Å². The molecule has 0 radical (unpaired) electrons. The van der Waals surface area contributed by atoms with Crippen LogP contribution in [0.5, 0.6) is 0 Å². The Bertz CT molecular complexity index is 1010. The number of Topliss-reactive ketones (excluding diaryl/α,β-unsaturated/α-hetero) is 1. The van der Waals surface area contributed by atoms with Crippen molar-refractivity contribution < 1.29 is 19.2 Å². The lowest BCUT2D eigenvalue weighted by atomic mass is 9.68. The number of ketones is 1. The van der Waals surface area contributed by atoms with Crippen molar-refractivity contribution >= 4 is 17.4 Å². The van der Waals surface area contributed by atoms with Crippen molar-refractivity contribution in [1.82, 2.24) is 5.32 Å². The van der Waals surface area contributed by atoms with Gasteiger partial charge >= 0.3 is 5.97 Å². The fourth-order valence-electron chi connectivity index (χ4n) is 5.08. The van der Waals surface area contributed by atoms with Gasteiger partial charge in [0, 0.05) is 41.4 Å². The van der Waals surface area contributed by atoms with Gasteiger partial charge in [0.05, 0.1) is 10.5 Å². The Morgan fingerprint density at radius 3 is 2.61 bits per heavy atom. The van der Waals surface area contributed by atoms with Gasteiger partial charge in [-0.15, -0.1) is 0 Å². The summed E-state index contributed by atoms with van der Waals surface area (Å²) in [5.41, 5.74) is 2.65. The molecule has 1 fully saturated rings. The van der Waals surface area contributed by atoms with E-state index in [4.69, 9.17) is 4.74 Å². The van der Waals surface area contributed by atoms with Crippen molar-refractivity contribution in [1.29, 1.82) is 0 Å². The molecule has 1 N–H and O–H groups in total. The van der Waals surface area contributed by atoms with E-state index in [-0.39, 0.29) is 23.0 Å². The van der Waals surface area contributed by atoms with Gasteiger partial charge in [-0.25, -0.2) is 4.79 Å². The van der Waals surface area contributed by atoms with Crippen LogP contribution < -0.4 is 5.32 Å². The molecule has 31 heavy (non-hydrogen) atoms. The molecular weight excluding hydrogens is 396 g/mol. The summed E-state index contributed by atoms with van der Waals surface area (Å²) >= 11 is 0. The van der Waals surface area contributed by atoms with Gasteiger partial charge in [0.2, 0.25) is 0 Å². The number of carbonyl (C=O) groups is 2. The number of carbonyl (C=O) groups excluding carboxylic acids is 2. The molecule has 1 saturated carbocycles. The number of esters is 1. The molecule has 0 amide bonds. The number of dihydropyridines is 1. The lowest BCUT2D eigenvalue weighted by molar-refractivity contribution is -0.384. The standard InChI is InChI=1S/C24H28N2O5/c1-14-20(23(28)31-17-9-4-5-10-17)21(15-7-6-8-16(11-15)26(29)30)22-18(25-14)12-24(2,3)13-19(22)27/h6-8,11,17,21,25H,4-5,9-10,12-13H2,1-3H3. The monoisotopic (exact) mass is 424 g/mol. The van der Waals surface area contributed by atoms with Crippen LogP contribution in [0.1, 0.15) is 70.8 Å². The fourth-order valence-corrected chi connectivity index (χ4v) is 5.08. The normalized spacial score (nSPS) is 23.5. The first-order valence-electron chi connectivity index (χ1n) is 10.9. The predicted molar refractivity (Wildman–Crippen MR) is 115 cm³/mol. The van der Waals surface area contributed by atoms with Crippen LogP contribution in [0, 0.1) is 15.5 Å². The number of nitro benzene ring substituents is 1. The molecule has 2 aliphatic carbocycles. The highest BCUT2D eigenvalue weighted by atomic mass is 16.6. The van der Waals surface area contributed by atoms with E-state index >= 15 is 0 Å². The molecule has 1 aromatic rings. The molecule has 1 unspecified atom stereocenters. The molecule has 7 heteroatoms. The molecule has 0 bridgehead atoms. The molecule has 0 aromatic heterocycles. The number of ether oxygens (including phenoxy) is 1. The van der Waals surface area contributed by atoms with E-state index in [0.717, 1.165) is 31.4 Å². The number of nitrogens with zero attached hydrogens (tertiary/aromatic N) is 1. The molecule has 3 aliphatic rings. The third kappa shape index (κ3) is 4.13. The Labute approximate surface area is 181 Å². The van der Waals surface area contributed by atoms with Gasteiger partial charge in [-0.1, -0.05) is 26.0 Å². The van der Waals surface area contributed by atoms with Gasteiger partial charge in [-0.2, -0.15) is 0 Å². The maximum atomic E-state index is 13.3.